The summed E-state index contributed by atoms with van der Waals surface area (Å²) in [6.07, 6.45) is 10.1. The minimum Gasteiger partial charge on any atom is -0.314 e. The monoisotopic (exact) mass is 251 g/mol. The van der Waals surface area contributed by atoms with Crippen LogP contribution in [0.15, 0.2) is 0 Å². The molecule has 0 aromatic heterocycles. The van der Waals surface area contributed by atoms with Crippen LogP contribution in [0, 0.1) is 23.2 Å². The number of rotatable bonds is 5. The molecule has 0 saturated heterocycles. The third kappa shape index (κ3) is 3.98. The van der Waals surface area contributed by atoms with Gasteiger partial charge in [-0.1, -0.05) is 47.0 Å². The normalized spacial score (nSPS) is 33.7. The van der Waals surface area contributed by atoms with E-state index in [-0.39, 0.29) is 0 Å². The first-order valence-electron chi connectivity index (χ1n) is 8.24. The van der Waals surface area contributed by atoms with Gasteiger partial charge >= 0.3 is 0 Å². The molecular formula is C17H33N. The zero-order valence-electron chi connectivity index (χ0n) is 13.0. The van der Waals surface area contributed by atoms with Crippen LogP contribution in [0.1, 0.15) is 72.6 Å². The van der Waals surface area contributed by atoms with E-state index in [9.17, 15) is 0 Å². The predicted molar refractivity (Wildman–Crippen MR) is 79.7 cm³/mol. The highest BCUT2D eigenvalue weighted by Crippen LogP contribution is 2.45. The van der Waals surface area contributed by atoms with E-state index in [2.05, 4.69) is 33.0 Å². The smallest absolute Gasteiger partial charge is 0.00683 e. The van der Waals surface area contributed by atoms with E-state index in [1.54, 1.807) is 0 Å². The molecule has 2 aliphatic carbocycles. The Hall–Kier alpha value is -0.0400. The highest BCUT2D eigenvalue weighted by atomic mass is 14.9. The summed E-state index contributed by atoms with van der Waals surface area (Å²) in [5.41, 5.74) is 0.488. The average Bonchev–Trinajstić information content (AvgIpc) is 3.10. The Morgan fingerprint density at radius 1 is 1.06 bits per heavy atom. The Morgan fingerprint density at radius 2 is 1.78 bits per heavy atom. The molecule has 0 radical (unpaired) electrons. The van der Waals surface area contributed by atoms with Crippen molar-refractivity contribution in [2.24, 2.45) is 23.2 Å². The average molecular weight is 251 g/mol. The van der Waals surface area contributed by atoms with E-state index in [4.69, 9.17) is 0 Å². The fraction of sp³-hybridized carbons (Fsp3) is 1.00. The van der Waals surface area contributed by atoms with Gasteiger partial charge in [0.1, 0.15) is 0 Å². The molecule has 2 fully saturated rings. The molecule has 0 aromatic carbocycles. The fourth-order valence-electron chi connectivity index (χ4n) is 3.90. The van der Waals surface area contributed by atoms with Crippen LogP contribution in [-0.2, 0) is 0 Å². The summed E-state index contributed by atoms with van der Waals surface area (Å²) in [6.45, 7) is 11.0. The van der Waals surface area contributed by atoms with Crippen molar-refractivity contribution in [3.63, 3.8) is 0 Å². The SMILES string of the molecule is CCCC1CCC(CNC2CC2)C(C(C)(C)C)C1. The molecule has 0 bridgehead atoms. The highest BCUT2D eigenvalue weighted by molar-refractivity contribution is 4.90. The minimum absolute atomic E-state index is 0.488. The van der Waals surface area contributed by atoms with Crippen LogP contribution in [0.2, 0.25) is 0 Å². The molecule has 1 heteroatoms. The van der Waals surface area contributed by atoms with E-state index in [0.29, 0.717) is 5.41 Å². The van der Waals surface area contributed by atoms with Crippen molar-refractivity contribution in [1.82, 2.24) is 5.32 Å². The zero-order valence-corrected chi connectivity index (χ0v) is 13.0. The first-order chi connectivity index (χ1) is 8.50. The zero-order chi connectivity index (χ0) is 13.2. The lowest BCUT2D eigenvalue weighted by Gasteiger charge is -2.44. The third-order valence-corrected chi connectivity index (χ3v) is 5.16. The lowest BCUT2D eigenvalue weighted by molar-refractivity contribution is 0.0722. The Morgan fingerprint density at radius 3 is 2.33 bits per heavy atom. The Kier molecular flexibility index (Phi) is 4.75. The quantitative estimate of drug-likeness (QED) is 0.752. The Bertz CT molecular complexity index is 249. The second-order valence-corrected chi connectivity index (χ2v) is 7.88. The first kappa shape index (κ1) is 14.4. The van der Waals surface area contributed by atoms with E-state index in [1.807, 2.05) is 0 Å². The van der Waals surface area contributed by atoms with Gasteiger partial charge < -0.3 is 5.32 Å². The predicted octanol–water partition coefficient (Wildman–Crippen LogP) is 4.62. The molecular weight excluding hydrogens is 218 g/mol. The molecule has 1 nitrogen and oxygen atoms in total. The molecule has 2 rings (SSSR count). The van der Waals surface area contributed by atoms with E-state index in [1.165, 1.54) is 51.5 Å². The number of hydrogen-bond donors (Lipinski definition) is 1. The van der Waals surface area contributed by atoms with Crippen molar-refractivity contribution < 1.29 is 0 Å². The van der Waals surface area contributed by atoms with Crippen LogP contribution >= 0.6 is 0 Å². The Labute approximate surface area is 114 Å². The van der Waals surface area contributed by atoms with Crippen molar-refractivity contribution in [3.8, 4) is 0 Å². The van der Waals surface area contributed by atoms with Crippen molar-refractivity contribution in [1.29, 1.82) is 0 Å². The third-order valence-electron chi connectivity index (χ3n) is 5.16. The topological polar surface area (TPSA) is 12.0 Å². The number of hydrogen-bond acceptors (Lipinski definition) is 1. The maximum absolute atomic E-state index is 3.78. The van der Waals surface area contributed by atoms with Gasteiger partial charge in [-0.2, -0.15) is 0 Å². The van der Waals surface area contributed by atoms with Crippen LogP contribution in [0.5, 0.6) is 0 Å². The maximum Gasteiger partial charge on any atom is 0.00683 e. The lowest BCUT2D eigenvalue weighted by Crippen LogP contribution is -2.39. The van der Waals surface area contributed by atoms with Crippen LogP contribution in [0.4, 0.5) is 0 Å². The molecule has 1 N–H and O–H groups in total. The molecule has 18 heavy (non-hydrogen) atoms. The molecule has 3 unspecified atom stereocenters. The van der Waals surface area contributed by atoms with Crippen LogP contribution in [-0.4, -0.2) is 12.6 Å². The van der Waals surface area contributed by atoms with E-state index >= 15 is 0 Å². The van der Waals surface area contributed by atoms with Gasteiger partial charge in [-0.05, 0) is 55.4 Å². The summed E-state index contributed by atoms with van der Waals surface area (Å²) < 4.78 is 0. The summed E-state index contributed by atoms with van der Waals surface area (Å²) in [5.74, 6) is 2.86. The standard InChI is InChI=1S/C17H33N/c1-5-6-13-7-8-14(12-18-15-9-10-15)16(11-13)17(2,3)4/h13-16,18H,5-12H2,1-4H3. The van der Waals surface area contributed by atoms with E-state index in [0.717, 1.165) is 23.8 Å². The van der Waals surface area contributed by atoms with Crippen LogP contribution < -0.4 is 5.32 Å². The van der Waals surface area contributed by atoms with Gasteiger partial charge in [0.2, 0.25) is 0 Å². The summed E-state index contributed by atoms with van der Waals surface area (Å²) in [4.78, 5) is 0. The largest absolute Gasteiger partial charge is 0.314 e. The number of nitrogens with one attached hydrogen (secondary N) is 1. The molecule has 0 amide bonds. The second-order valence-electron chi connectivity index (χ2n) is 7.88. The van der Waals surface area contributed by atoms with Gasteiger partial charge in [0.15, 0.2) is 0 Å². The molecule has 2 aliphatic rings. The summed E-state index contributed by atoms with van der Waals surface area (Å²) in [5, 5.41) is 3.78. The van der Waals surface area contributed by atoms with Crippen molar-refractivity contribution in [2.75, 3.05) is 6.54 Å². The second kappa shape index (κ2) is 5.94. The van der Waals surface area contributed by atoms with Gasteiger partial charge in [0.25, 0.3) is 0 Å². The molecule has 0 aliphatic heterocycles. The summed E-state index contributed by atoms with van der Waals surface area (Å²) >= 11 is 0. The van der Waals surface area contributed by atoms with Crippen molar-refractivity contribution in [2.45, 2.75) is 78.7 Å². The highest BCUT2D eigenvalue weighted by Gasteiger charge is 2.37. The van der Waals surface area contributed by atoms with Crippen molar-refractivity contribution >= 4 is 0 Å². The van der Waals surface area contributed by atoms with Gasteiger partial charge in [-0.25, -0.2) is 0 Å². The fourth-order valence-corrected chi connectivity index (χ4v) is 3.90. The lowest BCUT2D eigenvalue weighted by atomic mass is 9.63. The molecule has 0 spiro atoms. The minimum atomic E-state index is 0.488. The van der Waals surface area contributed by atoms with Crippen LogP contribution in [0.25, 0.3) is 0 Å². The van der Waals surface area contributed by atoms with Gasteiger partial charge in [-0.3, -0.25) is 0 Å². The van der Waals surface area contributed by atoms with E-state index < -0.39 is 0 Å². The summed E-state index contributed by atoms with van der Waals surface area (Å²) in [6, 6.07) is 0.874. The van der Waals surface area contributed by atoms with Gasteiger partial charge in [0.05, 0.1) is 0 Å². The molecule has 3 atom stereocenters. The maximum atomic E-state index is 3.78. The van der Waals surface area contributed by atoms with Crippen molar-refractivity contribution in [3.05, 3.63) is 0 Å². The summed E-state index contributed by atoms with van der Waals surface area (Å²) in [7, 11) is 0. The Balaban J connectivity index is 1.90. The van der Waals surface area contributed by atoms with Gasteiger partial charge in [0, 0.05) is 6.04 Å². The van der Waals surface area contributed by atoms with Crippen LogP contribution in [0.3, 0.4) is 0 Å². The molecule has 0 heterocycles. The molecule has 0 aromatic rings. The molecule has 106 valence electrons. The molecule has 2 saturated carbocycles. The van der Waals surface area contributed by atoms with Gasteiger partial charge in [-0.15, -0.1) is 0 Å². The first-order valence-corrected chi connectivity index (χ1v) is 8.24.